The van der Waals surface area contributed by atoms with Gasteiger partial charge in [-0.1, -0.05) is 31.5 Å². The third kappa shape index (κ3) is 3.55. The molecule has 0 saturated heterocycles. The molecule has 1 saturated carbocycles. The van der Waals surface area contributed by atoms with Crippen LogP contribution in [0.1, 0.15) is 31.7 Å². The van der Waals surface area contributed by atoms with Crippen molar-refractivity contribution in [2.45, 2.75) is 50.6 Å². The number of hydrogen-bond donors (Lipinski definition) is 4. The van der Waals surface area contributed by atoms with Crippen molar-refractivity contribution in [3.63, 3.8) is 0 Å². The molecule has 1 aliphatic carbocycles. The smallest absolute Gasteiger partial charge is 0.138 e. The Balaban J connectivity index is 2.20. The number of aliphatic hydroxyl groups is 4. The van der Waals surface area contributed by atoms with Crippen LogP contribution in [-0.2, 0) is 0 Å². The third-order valence-electron chi connectivity index (χ3n) is 4.23. The molecule has 0 radical (unpaired) electrons. The largest absolute Gasteiger partial charge is 0.486 e. The number of ether oxygens (including phenoxy) is 1. The van der Waals surface area contributed by atoms with Gasteiger partial charge in [0.15, 0.2) is 0 Å². The zero-order valence-electron chi connectivity index (χ0n) is 12.7. The van der Waals surface area contributed by atoms with E-state index in [4.69, 9.17) is 16.3 Å². The number of benzene rings is 1. The second-order valence-corrected chi connectivity index (χ2v) is 6.56. The summed E-state index contributed by atoms with van der Waals surface area (Å²) in [4.78, 5) is 0. The maximum atomic E-state index is 10.1. The van der Waals surface area contributed by atoms with Crippen molar-refractivity contribution in [1.82, 2.24) is 0 Å². The fourth-order valence-corrected chi connectivity index (χ4v) is 2.87. The first-order valence-electron chi connectivity index (χ1n) is 7.46. The monoisotopic (exact) mass is 330 g/mol. The fraction of sp³-hybridized carbons (Fsp3) is 0.625. The Morgan fingerprint density at radius 3 is 2.45 bits per heavy atom. The lowest BCUT2D eigenvalue weighted by Gasteiger charge is -2.39. The highest BCUT2D eigenvalue weighted by Gasteiger charge is 2.43. The average molecular weight is 331 g/mol. The van der Waals surface area contributed by atoms with Crippen molar-refractivity contribution in [2.24, 2.45) is 5.92 Å². The van der Waals surface area contributed by atoms with Gasteiger partial charge < -0.3 is 25.2 Å². The highest BCUT2D eigenvalue weighted by atomic mass is 35.5. The minimum Gasteiger partial charge on any atom is -0.486 e. The Labute approximate surface area is 135 Å². The molecule has 1 aromatic carbocycles. The first kappa shape index (κ1) is 17.5. The molecule has 22 heavy (non-hydrogen) atoms. The van der Waals surface area contributed by atoms with Crippen LogP contribution in [0.2, 0.25) is 5.02 Å². The van der Waals surface area contributed by atoms with E-state index in [1.165, 1.54) is 0 Å². The van der Waals surface area contributed by atoms with Gasteiger partial charge in [-0.05, 0) is 30.0 Å². The lowest BCUT2D eigenvalue weighted by atomic mass is 9.81. The van der Waals surface area contributed by atoms with Crippen molar-refractivity contribution in [1.29, 1.82) is 0 Å². The van der Waals surface area contributed by atoms with E-state index in [1.54, 1.807) is 6.07 Å². The van der Waals surface area contributed by atoms with Crippen LogP contribution in [0, 0.1) is 5.92 Å². The summed E-state index contributed by atoms with van der Waals surface area (Å²) in [7, 11) is 0. The second-order valence-electron chi connectivity index (χ2n) is 6.15. The molecule has 124 valence electrons. The average Bonchev–Trinajstić information content (AvgIpc) is 2.49. The number of rotatable bonds is 4. The normalized spacial score (nSPS) is 32.3. The van der Waals surface area contributed by atoms with E-state index in [2.05, 4.69) is 0 Å². The van der Waals surface area contributed by atoms with Gasteiger partial charge >= 0.3 is 0 Å². The summed E-state index contributed by atoms with van der Waals surface area (Å²) in [6.45, 7) is 3.80. The highest BCUT2D eigenvalue weighted by Crippen LogP contribution is 2.33. The van der Waals surface area contributed by atoms with Crippen LogP contribution in [0.3, 0.4) is 0 Å². The van der Waals surface area contributed by atoms with Crippen molar-refractivity contribution in [3.05, 3.63) is 28.8 Å². The van der Waals surface area contributed by atoms with E-state index in [1.807, 2.05) is 26.0 Å². The van der Waals surface area contributed by atoms with E-state index in [9.17, 15) is 20.4 Å². The molecular weight excluding hydrogens is 308 g/mol. The van der Waals surface area contributed by atoms with Gasteiger partial charge in [0.25, 0.3) is 0 Å². The minimum atomic E-state index is -1.36. The molecule has 0 amide bonds. The Morgan fingerprint density at radius 2 is 1.86 bits per heavy atom. The van der Waals surface area contributed by atoms with Crippen LogP contribution in [0.5, 0.6) is 5.75 Å². The molecule has 0 bridgehead atoms. The molecule has 4 N–H and O–H groups in total. The SMILES string of the molecule is CC(C)c1ccc(Cl)c(OC2CC(CO)C(O)C(O)C2O)c1. The first-order valence-corrected chi connectivity index (χ1v) is 7.84. The second kappa shape index (κ2) is 7.15. The van der Waals surface area contributed by atoms with Gasteiger partial charge in [-0.15, -0.1) is 0 Å². The maximum Gasteiger partial charge on any atom is 0.138 e. The van der Waals surface area contributed by atoms with Crippen molar-refractivity contribution < 1.29 is 25.2 Å². The van der Waals surface area contributed by atoms with Gasteiger partial charge in [-0.2, -0.15) is 0 Å². The topological polar surface area (TPSA) is 90.2 Å². The van der Waals surface area contributed by atoms with Gasteiger partial charge in [0.2, 0.25) is 0 Å². The van der Waals surface area contributed by atoms with Gasteiger partial charge in [0.1, 0.15) is 24.1 Å². The van der Waals surface area contributed by atoms with Crippen molar-refractivity contribution in [2.75, 3.05) is 6.61 Å². The molecule has 5 unspecified atom stereocenters. The Bertz CT molecular complexity index is 505. The van der Waals surface area contributed by atoms with Crippen molar-refractivity contribution in [3.8, 4) is 5.75 Å². The third-order valence-corrected chi connectivity index (χ3v) is 4.55. The number of halogens is 1. The predicted octanol–water partition coefficient (Wildman–Crippen LogP) is 1.31. The van der Waals surface area contributed by atoms with E-state index in [-0.39, 0.29) is 13.0 Å². The lowest BCUT2D eigenvalue weighted by Crippen LogP contribution is -2.56. The molecule has 0 aliphatic heterocycles. The van der Waals surface area contributed by atoms with Crippen LogP contribution in [0.15, 0.2) is 18.2 Å². The molecule has 2 rings (SSSR count). The zero-order chi connectivity index (χ0) is 16.4. The van der Waals surface area contributed by atoms with E-state index in [0.29, 0.717) is 16.7 Å². The summed E-state index contributed by atoms with van der Waals surface area (Å²) in [6.07, 6.45) is -4.27. The summed E-state index contributed by atoms with van der Waals surface area (Å²) in [5.74, 6) is 0.182. The summed E-state index contributed by atoms with van der Waals surface area (Å²) in [6, 6.07) is 5.45. The van der Waals surface area contributed by atoms with E-state index >= 15 is 0 Å². The standard InChI is InChI=1S/C16H23ClO5/c1-8(2)9-3-4-11(17)12(5-9)22-13-6-10(7-18)14(19)16(21)15(13)20/h3-5,8,10,13-16,18-21H,6-7H2,1-2H3. The molecule has 0 heterocycles. The molecule has 1 aromatic rings. The summed E-state index contributed by atoms with van der Waals surface area (Å²) >= 11 is 6.14. The first-order chi connectivity index (χ1) is 10.3. The fourth-order valence-electron chi connectivity index (χ4n) is 2.71. The predicted molar refractivity (Wildman–Crippen MR) is 83.2 cm³/mol. The summed E-state index contributed by atoms with van der Waals surface area (Å²) in [5.41, 5.74) is 1.05. The number of aliphatic hydroxyl groups excluding tert-OH is 4. The van der Waals surface area contributed by atoms with Crippen LogP contribution in [0.25, 0.3) is 0 Å². The van der Waals surface area contributed by atoms with Crippen LogP contribution < -0.4 is 4.74 Å². The van der Waals surface area contributed by atoms with Crippen LogP contribution >= 0.6 is 11.6 Å². The Hall–Kier alpha value is -0.850. The van der Waals surface area contributed by atoms with Crippen molar-refractivity contribution >= 4 is 11.6 Å². The molecule has 5 nitrogen and oxygen atoms in total. The zero-order valence-corrected chi connectivity index (χ0v) is 13.4. The highest BCUT2D eigenvalue weighted by molar-refractivity contribution is 6.32. The van der Waals surface area contributed by atoms with Crippen LogP contribution in [-0.4, -0.2) is 51.4 Å². The van der Waals surface area contributed by atoms with Gasteiger partial charge in [0, 0.05) is 12.5 Å². The quantitative estimate of drug-likeness (QED) is 0.668. The number of hydrogen-bond acceptors (Lipinski definition) is 5. The molecule has 0 spiro atoms. The van der Waals surface area contributed by atoms with E-state index in [0.717, 1.165) is 5.56 Å². The van der Waals surface area contributed by atoms with Gasteiger partial charge in [-0.3, -0.25) is 0 Å². The molecule has 1 aliphatic rings. The molecule has 1 fully saturated rings. The lowest BCUT2D eigenvalue weighted by molar-refractivity contribution is -0.156. The molecule has 6 heteroatoms. The maximum absolute atomic E-state index is 10.1. The van der Waals surface area contributed by atoms with Crippen LogP contribution in [0.4, 0.5) is 0 Å². The van der Waals surface area contributed by atoms with Gasteiger partial charge in [0.05, 0.1) is 11.1 Å². The molecule has 0 aromatic heterocycles. The molecular formula is C16H23ClO5. The summed E-state index contributed by atoms with van der Waals surface area (Å²) < 4.78 is 5.78. The Morgan fingerprint density at radius 1 is 1.18 bits per heavy atom. The molecule has 5 atom stereocenters. The minimum absolute atomic E-state index is 0.234. The summed E-state index contributed by atoms with van der Waals surface area (Å²) in [5, 5.41) is 39.5. The van der Waals surface area contributed by atoms with Gasteiger partial charge in [-0.25, -0.2) is 0 Å². The Kier molecular flexibility index (Phi) is 5.69. The van der Waals surface area contributed by atoms with E-state index < -0.39 is 30.3 Å².